The van der Waals surface area contributed by atoms with Crippen LogP contribution in [0, 0.1) is 11.8 Å². The van der Waals surface area contributed by atoms with Gasteiger partial charge in [-0.25, -0.2) is 0 Å². The molecule has 1 N–H and O–H groups in total. The lowest BCUT2D eigenvalue weighted by Crippen LogP contribution is -2.36. The summed E-state index contributed by atoms with van der Waals surface area (Å²) >= 11 is 0. The van der Waals surface area contributed by atoms with E-state index in [4.69, 9.17) is 0 Å². The van der Waals surface area contributed by atoms with Gasteiger partial charge in [0.15, 0.2) is 0 Å². The number of nitrogens with zero attached hydrogens (tertiary/aromatic N) is 1. The monoisotopic (exact) mass is 268 g/mol. The van der Waals surface area contributed by atoms with Gasteiger partial charge < -0.3 is 10.2 Å². The Bertz CT molecular complexity index is 209. The molecule has 0 aliphatic carbocycles. The lowest BCUT2D eigenvalue weighted by molar-refractivity contribution is 0.189. The highest BCUT2D eigenvalue weighted by atomic mass is 15.1. The van der Waals surface area contributed by atoms with E-state index in [0.717, 1.165) is 17.9 Å². The summed E-state index contributed by atoms with van der Waals surface area (Å²) in [6.07, 6.45) is 8.04. The van der Waals surface area contributed by atoms with Crippen molar-refractivity contribution >= 4 is 0 Å². The maximum absolute atomic E-state index is 3.76. The van der Waals surface area contributed by atoms with E-state index >= 15 is 0 Å². The summed E-state index contributed by atoms with van der Waals surface area (Å²) in [7, 11) is 0. The normalized spacial score (nSPS) is 21.5. The summed E-state index contributed by atoms with van der Waals surface area (Å²) in [5.41, 5.74) is 0. The molecule has 1 rings (SSSR count). The van der Waals surface area contributed by atoms with Gasteiger partial charge in [0.2, 0.25) is 0 Å². The quantitative estimate of drug-likeness (QED) is 0.638. The van der Waals surface area contributed by atoms with Gasteiger partial charge in [0.1, 0.15) is 0 Å². The van der Waals surface area contributed by atoms with Crippen LogP contribution in [0.4, 0.5) is 0 Å². The van der Waals surface area contributed by atoms with Gasteiger partial charge in [-0.15, -0.1) is 0 Å². The third-order valence-corrected chi connectivity index (χ3v) is 4.84. The maximum atomic E-state index is 3.76. The molecule has 0 aromatic carbocycles. The molecule has 1 saturated heterocycles. The van der Waals surface area contributed by atoms with Gasteiger partial charge in [0.05, 0.1) is 0 Å². The van der Waals surface area contributed by atoms with Crippen LogP contribution >= 0.6 is 0 Å². The average molecular weight is 268 g/mol. The SMILES string of the molecule is CCC(C)CC(CC)NCCCN1CCC(C)CC1. The Balaban J connectivity index is 2.05. The van der Waals surface area contributed by atoms with Crippen molar-refractivity contribution in [1.82, 2.24) is 10.2 Å². The molecule has 0 bridgehead atoms. The zero-order valence-corrected chi connectivity index (χ0v) is 13.8. The molecule has 2 heteroatoms. The number of rotatable bonds is 9. The Morgan fingerprint density at radius 3 is 2.42 bits per heavy atom. The highest BCUT2D eigenvalue weighted by Gasteiger charge is 2.15. The Morgan fingerprint density at radius 2 is 1.84 bits per heavy atom. The van der Waals surface area contributed by atoms with Gasteiger partial charge >= 0.3 is 0 Å². The van der Waals surface area contributed by atoms with Gasteiger partial charge in [0, 0.05) is 6.04 Å². The fourth-order valence-electron chi connectivity index (χ4n) is 2.94. The first-order chi connectivity index (χ1) is 9.15. The van der Waals surface area contributed by atoms with E-state index in [2.05, 4.69) is 37.9 Å². The second kappa shape index (κ2) is 9.77. The summed E-state index contributed by atoms with van der Waals surface area (Å²) in [5.74, 6) is 1.82. The van der Waals surface area contributed by atoms with Crippen LogP contribution in [0.1, 0.15) is 66.2 Å². The molecule has 0 amide bonds. The summed E-state index contributed by atoms with van der Waals surface area (Å²) in [6.45, 7) is 14.5. The lowest BCUT2D eigenvalue weighted by Gasteiger charge is -2.30. The van der Waals surface area contributed by atoms with Crippen LogP contribution in [0.2, 0.25) is 0 Å². The maximum Gasteiger partial charge on any atom is 0.00669 e. The van der Waals surface area contributed by atoms with Crippen molar-refractivity contribution in [3.05, 3.63) is 0 Å². The summed E-state index contributed by atoms with van der Waals surface area (Å²) in [4.78, 5) is 2.65. The van der Waals surface area contributed by atoms with E-state index in [1.165, 1.54) is 64.7 Å². The van der Waals surface area contributed by atoms with E-state index in [1.54, 1.807) is 0 Å². The molecule has 0 radical (unpaired) electrons. The van der Waals surface area contributed by atoms with Crippen molar-refractivity contribution in [3.8, 4) is 0 Å². The van der Waals surface area contributed by atoms with Crippen LogP contribution in [0.25, 0.3) is 0 Å². The molecule has 0 spiro atoms. The van der Waals surface area contributed by atoms with Gasteiger partial charge in [-0.1, -0.05) is 34.1 Å². The van der Waals surface area contributed by atoms with Crippen molar-refractivity contribution in [2.24, 2.45) is 11.8 Å². The molecule has 0 aromatic rings. The van der Waals surface area contributed by atoms with Crippen LogP contribution in [0.15, 0.2) is 0 Å². The fourth-order valence-corrected chi connectivity index (χ4v) is 2.94. The standard InChI is InChI=1S/C17H36N2/c1-5-15(3)14-17(6-2)18-10-7-11-19-12-8-16(4)9-13-19/h15-18H,5-14H2,1-4H3. The molecule has 19 heavy (non-hydrogen) atoms. The summed E-state index contributed by atoms with van der Waals surface area (Å²) < 4.78 is 0. The van der Waals surface area contributed by atoms with Crippen molar-refractivity contribution in [2.75, 3.05) is 26.2 Å². The second-order valence-electron chi connectivity index (χ2n) is 6.69. The van der Waals surface area contributed by atoms with Crippen LogP contribution in [0.3, 0.4) is 0 Å². The molecule has 1 fully saturated rings. The Hall–Kier alpha value is -0.0800. The predicted molar refractivity (Wildman–Crippen MR) is 85.6 cm³/mol. The zero-order valence-electron chi connectivity index (χ0n) is 13.8. The van der Waals surface area contributed by atoms with E-state index in [1.807, 2.05) is 0 Å². The minimum absolute atomic E-state index is 0.733. The largest absolute Gasteiger partial charge is 0.314 e. The lowest BCUT2D eigenvalue weighted by atomic mass is 9.97. The Morgan fingerprint density at radius 1 is 1.16 bits per heavy atom. The van der Waals surface area contributed by atoms with Crippen molar-refractivity contribution in [3.63, 3.8) is 0 Å². The molecule has 114 valence electrons. The van der Waals surface area contributed by atoms with Crippen LogP contribution in [-0.4, -0.2) is 37.1 Å². The first kappa shape index (κ1) is 17.0. The Labute approximate surface area is 121 Å². The smallest absolute Gasteiger partial charge is 0.00669 e. The Kier molecular flexibility index (Phi) is 8.72. The van der Waals surface area contributed by atoms with Crippen LogP contribution in [-0.2, 0) is 0 Å². The van der Waals surface area contributed by atoms with Crippen molar-refractivity contribution in [2.45, 2.75) is 72.3 Å². The van der Waals surface area contributed by atoms with Gasteiger partial charge in [0.25, 0.3) is 0 Å². The number of hydrogen-bond donors (Lipinski definition) is 1. The summed E-state index contributed by atoms with van der Waals surface area (Å²) in [5, 5.41) is 3.76. The molecule has 2 unspecified atom stereocenters. The van der Waals surface area contributed by atoms with E-state index in [9.17, 15) is 0 Å². The summed E-state index contributed by atoms with van der Waals surface area (Å²) in [6, 6.07) is 0.733. The number of likely N-dealkylation sites (tertiary alicyclic amines) is 1. The minimum Gasteiger partial charge on any atom is -0.314 e. The molecule has 0 aromatic heterocycles. The molecule has 1 aliphatic heterocycles. The minimum atomic E-state index is 0.733. The van der Waals surface area contributed by atoms with Crippen molar-refractivity contribution in [1.29, 1.82) is 0 Å². The van der Waals surface area contributed by atoms with Gasteiger partial charge in [-0.3, -0.25) is 0 Å². The zero-order chi connectivity index (χ0) is 14.1. The van der Waals surface area contributed by atoms with Gasteiger partial charge in [-0.2, -0.15) is 0 Å². The number of hydrogen-bond acceptors (Lipinski definition) is 2. The fraction of sp³-hybridized carbons (Fsp3) is 1.00. The molecule has 2 atom stereocenters. The van der Waals surface area contributed by atoms with E-state index in [-0.39, 0.29) is 0 Å². The first-order valence-corrected chi connectivity index (χ1v) is 8.61. The second-order valence-corrected chi connectivity index (χ2v) is 6.69. The number of piperidine rings is 1. The molecule has 1 heterocycles. The van der Waals surface area contributed by atoms with Gasteiger partial charge in [-0.05, 0) is 70.1 Å². The third kappa shape index (κ3) is 7.31. The topological polar surface area (TPSA) is 15.3 Å². The van der Waals surface area contributed by atoms with E-state index < -0.39 is 0 Å². The molecule has 1 aliphatic rings. The highest BCUT2D eigenvalue weighted by Crippen LogP contribution is 2.16. The molecule has 0 saturated carbocycles. The molecular weight excluding hydrogens is 232 g/mol. The third-order valence-electron chi connectivity index (χ3n) is 4.84. The van der Waals surface area contributed by atoms with Crippen LogP contribution < -0.4 is 5.32 Å². The van der Waals surface area contributed by atoms with Crippen molar-refractivity contribution < 1.29 is 0 Å². The van der Waals surface area contributed by atoms with E-state index in [0.29, 0.717) is 0 Å². The molecule has 2 nitrogen and oxygen atoms in total. The van der Waals surface area contributed by atoms with Crippen LogP contribution in [0.5, 0.6) is 0 Å². The molecular formula is C17H36N2. The highest BCUT2D eigenvalue weighted by molar-refractivity contribution is 4.71. The predicted octanol–water partition coefficient (Wildman–Crippen LogP) is 3.91. The number of nitrogens with one attached hydrogen (secondary N) is 1. The average Bonchev–Trinajstić information content (AvgIpc) is 2.43. The first-order valence-electron chi connectivity index (χ1n) is 8.61.